The van der Waals surface area contributed by atoms with Crippen LogP contribution in [0.3, 0.4) is 0 Å². The monoisotopic (exact) mass is 493 g/mol. The number of benzene rings is 1. The molecule has 2 heterocycles. The van der Waals surface area contributed by atoms with Gasteiger partial charge >= 0.3 is 18.3 Å². The van der Waals surface area contributed by atoms with Crippen molar-refractivity contribution in [3.05, 3.63) is 65.3 Å². The second-order valence-electron chi connectivity index (χ2n) is 6.09. The van der Waals surface area contributed by atoms with Gasteiger partial charge in [-0.15, -0.1) is 11.3 Å². The molecule has 1 atom stereocenters. The minimum atomic E-state index is -5.08. The number of aliphatic hydroxyl groups excluding tert-OH is 1. The highest BCUT2D eigenvalue weighted by Crippen LogP contribution is 2.30. The maximum absolute atomic E-state index is 12.6. The number of amides is 1. The fourth-order valence-corrected chi connectivity index (χ4v) is 2.89. The summed E-state index contributed by atoms with van der Waals surface area (Å²) < 4.78 is 69.4. The van der Waals surface area contributed by atoms with E-state index in [1.807, 2.05) is 0 Å². The molecular weight excluding hydrogens is 480 g/mol. The molecular formula is C19H13F6N3O4S. The van der Waals surface area contributed by atoms with Gasteiger partial charge in [-0.2, -0.15) is 26.3 Å². The van der Waals surface area contributed by atoms with Gasteiger partial charge in [0.15, 0.2) is 11.2 Å². The van der Waals surface area contributed by atoms with Crippen LogP contribution >= 0.6 is 11.3 Å². The summed E-state index contributed by atoms with van der Waals surface area (Å²) in [5.41, 5.74) is 0.661. The number of halogens is 6. The van der Waals surface area contributed by atoms with Crippen LogP contribution in [0.4, 0.5) is 31.5 Å². The molecule has 0 aliphatic heterocycles. The lowest BCUT2D eigenvalue weighted by atomic mass is 10.1. The summed E-state index contributed by atoms with van der Waals surface area (Å²) in [5.74, 6) is -3.53. The van der Waals surface area contributed by atoms with E-state index in [1.165, 1.54) is 11.3 Å². The largest absolute Gasteiger partial charge is 0.490 e. The topological polar surface area (TPSA) is 112 Å². The molecule has 3 rings (SSSR count). The predicted molar refractivity (Wildman–Crippen MR) is 104 cm³/mol. The maximum Gasteiger partial charge on any atom is 0.490 e. The van der Waals surface area contributed by atoms with Crippen molar-refractivity contribution in [2.75, 3.05) is 5.32 Å². The number of hydrogen-bond donors (Lipinski definition) is 3. The number of rotatable bonds is 4. The Kier molecular flexibility index (Phi) is 8.11. The number of nitrogens with one attached hydrogen (secondary N) is 1. The van der Waals surface area contributed by atoms with Gasteiger partial charge in [-0.25, -0.2) is 9.78 Å². The summed E-state index contributed by atoms with van der Waals surface area (Å²) in [7, 11) is 0. The quantitative estimate of drug-likeness (QED) is 0.461. The summed E-state index contributed by atoms with van der Waals surface area (Å²) in [6.45, 7) is 0. The summed E-state index contributed by atoms with van der Waals surface area (Å²) in [5, 5.41) is 21.6. The Morgan fingerprint density at radius 1 is 0.970 bits per heavy atom. The SMILES string of the molecule is O=C(Nc1nc(-c2ccncc2)cs1)C(O)c1ccc(C(F)(F)F)cc1.O=C(O)C(F)(F)F. The van der Waals surface area contributed by atoms with E-state index in [2.05, 4.69) is 15.3 Å². The number of carbonyl (C=O) groups is 2. The van der Waals surface area contributed by atoms with Gasteiger partial charge in [-0.3, -0.25) is 15.1 Å². The van der Waals surface area contributed by atoms with Gasteiger partial charge in [-0.05, 0) is 29.8 Å². The number of carbonyl (C=O) groups excluding carboxylic acids is 1. The first-order chi connectivity index (χ1) is 15.3. The van der Waals surface area contributed by atoms with Crippen LogP contribution in [0.5, 0.6) is 0 Å². The van der Waals surface area contributed by atoms with Crippen LogP contribution in [0.15, 0.2) is 54.2 Å². The molecule has 0 bridgehead atoms. The lowest BCUT2D eigenvalue weighted by Crippen LogP contribution is -2.21. The lowest BCUT2D eigenvalue weighted by molar-refractivity contribution is -0.192. The minimum Gasteiger partial charge on any atom is -0.475 e. The van der Waals surface area contributed by atoms with E-state index in [1.54, 1.807) is 29.9 Å². The number of thiazole rings is 1. The third-order valence-corrected chi connectivity index (χ3v) is 4.51. The van der Waals surface area contributed by atoms with Gasteiger partial charge in [0.2, 0.25) is 0 Å². The van der Waals surface area contributed by atoms with Gasteiger partial charge in [0.25, 0.3) is 5.91 Å². The number of carboxylic acids is 1. The Balaban J connectivity index is 0.000000479. The predicted octanol–water partition coefficient (Wildman–Crippen LogP) is 4.53. The summed E-state index contributed by atoms with van der Waals surface area (Å²) in [6.07, 6.45) is -7.94. The van der Waals surface area contributed by atoms with Gasteiger partial charge in [0, 0.05) is 23.3 Å². The molecule has 3 aromatic rings. The first-order valence-corrected chi connectivity index (χ1v) is 9.49. The van der Waals surface area contributed by atoms with Crippen LogP contribution in [0.25, 0.3) is 11.3 Å². The number of aliphatic hydroxyl groups is 1. The highest BCUT2D eigenvalue weighted by molar-refractivity contribution is 7.14. The number of nitrogens with zero attached hydrogens (tertiary/aromatic N) is 2. The standard InChI is InChI=1S/C17H12F3N3O2S.C2HF3O2/c18-17(19,20)12-3-1-11(2-4-12)14(24)15(25)23-16-22-13(9-26-16)10-5-7-21-8-6-10;3-2(4,5)1(6)7/h1-9,14,24H,(H,22,23,25);(H,6,7). The molecule has 0 radical (unpaired) electrons. The average Bonchev–Trinajstić information content (AvgIpc) is 3.21. The van der Waals surface area contributed by atoms with Crippen molar-refractivity contribution in [3.8, 4) is 11.3 Å². The molecule has 14 heteroatoms. The minimum absolute atomic E-state index is 0.0569. The lowest BCUT2D eigenvalue weighted by Gasteiger charge is -2.12. The molecule has 1 aromatic carbocycles. The van der Waals surface area contributed by atoms with Crippen molar-refractivity contribution in [2.24, 2.45) is 0 Å². The molecule has 176 valence electrons. The van der Waals surface area contributed by atoms with E-state index in [0.717, 1.165) is 29.8 Å². The molecule has 0 spiro atoms. The van der Waals surface area contributed by atoms with Crippen molar-refractivity contribution in [2.45, 2.75) is 18.5 Å². The van der Waals surface area contributed by atoms with Crippen LogP contribution in [-0.2, 0) is 15.8 Å². The van der Waals surface area contributed by atoms with E-state index in [9.17, 15) is 36.2 Å². The van der Waals surface area contributed by atoms with Crippen molar-refractivity contribution < 1.29 is 46.1 Å². The zero-order valence-corrected chi connectivity index (χ0v) is 16.9. The first kappa shape index (κ1) is 25.7. The normalized spacial score (nSPS) is 12.3. The van der Waals surface area contributed by atoms with Gasteiger partial charge in [0.05, 0.1) is 11.3 Å². The Hall–Kier alpha value is -3.52. The van der Waals surface area contributed by atoms with Crippen LogP contribution in [-0.4, -0.2) is 38.2 Å². The summed E-state index contributed by atoms with van der Waals surface area (Å²) in [6, 6.07) is 7.29. The Bertz CT molecular complexity index is 1090. The van der Waals surface area contributed by atoms with E-state index in [-0.39, 0.29) is 10.7 Å². The number of carboxylic acid groups (broad SMARTS) is 1. The van der Waals surface area contributed by atoms with Crippen molar-refractivity contribution >= 4 is 28.3 Å². The summed E-state index contributed by atoms with van der Waals surface area (Å²) >= 11 is 1.17. The number of alkyl halides is 6. The number of hydrogen-bond acceptors (Lipinski definition) is 6. The number of pyridine rings is 1. The van der Waals surface area contributed by atoms with E-state index < -0.39 is 35.9 Å². The fraction of sp³-hybridized carbons (Fsp3) is 0.158. The van der Waals surface area contributed by atoms with E-state index in [0.29, 0.717) is 5.69 Å². The van der Waals surface area contributed by atoms with Crippen LogP contribution in [0.1, 0.15) is 17.2 Å². The molecule has 1 unspecified atom stereocenters. The first-order valence-electron chi connectivity index (χ1n) is 8.61. The smallest absolute Gasteiger partial charge is 0.475 e. The zero-order valence-electron chi connectivity index (χ0n) is 16.1. The zero-order chi connectivity index (χ0) is 24.8. The molecule has 7 nitrogen and oxygen atoms in total. The third-order valence-electron chi connectivity index (χ3n) is 3.75. The molecule has 0 aliphatic carbocycles. The Labute approximate surface area is 185 Å². The van der Waals surface area contributed by atoms with Crippen LogP contribution in [0.2, 0.25) is 0 Å². The molecule has 0 fully saturated rings. The molecule has 1 amide bonds. The maximum atomic E-state index is 12.6. The van der Waals surface area contributed by atoms with Gasteiger partial charge in [-0.1, -0.05) is 12.1 Å². The van der Waals surface area contributed by atoms with Crippen LogP contribution in [0, 0.1) is 0 Å². The summed E-state index contributed by atoms with van der Waals surface area (Å²) in [4.78, 5) is 29.2. The molecule has 2 aromatic heterocycles. The van der Waals surface area contributed by atoms with Crippen LogP contribution < -0.4 is 5.32 Å². The molecule has 0 saturated heterocycles. The second kappa shape index (κ2) is 10.4. The molecule has 3 N–H and O–H groups in total. The van der Waals surface area contributed by atoms with E-state index >= 15 is 0 Å². The Morgan fingerprint density at radius 2 is 1.52 bits per heavy atom. The number of anilines is 1. The molecule has 0 aliphatic rings. The highest BCUT2D eigenvalue weighted by Gasteiger charge is 2.38. The fourth-order valence-electron chi connectivity index (χ4n) is 2.17. The van der Waals surface area contributed by atoms with Gasteiger partial charge in [0.1, 0.15) is 0 Å². The van der Waals surface area contributed by atoms with E-state index in [4.69, 9.17) is 9.90 Å². The number of aliphatic carboxylic acids is 1. The third kappa shape index (κ3) is 7.54. The molecule has 33 heavy (non-hydrogen) atoms. The van der Waals surface area contributed by atoms with Crippen molar-refractivity contribution in [3.63, 3.8) is 0 Å². The molecule has 0 saturated carbocycles. The number of aromatic nitrogens is 2. The van der Waals surface area contributed by atoms with Crippen molar-refractivity contribution in [1.29, 1.82) is 0 Å². The highest BCUT2D eigenvalue weighted by atomic mass is 32.1. The van der Waals surface area contributed by atoms with Gasteiger partial charge < -0.3 is 10.2 Å². The second-order valence-corrected chi connectivity index (χ2v) is 6.95. The van der Waals surface area contributed by atoms with Crippen molar-refractivity contribution in [1.82, 2.24) is 9.97 Å². The Morgan fingerprint density at radius 3 is 2.00 bits per heavy atom. The average molecular weight is 493 g/mol.